The minimum atomic E-state index is -3.65. The molecule has 0 atom stereocenters. The molecular formula is C23H28N2O6S. The molecule has 2 aliphatic heterocycles. The number of nitrogens with one attached hydrogen (secondary N) is 1. The highest BCUT2D eigenvalue weighted by Crippen LogP contribution is 2.34. The van der Waals surface area contributed by atoms with Crippen molar-refractivity contribution in [3.8, 4) is 17.2 Å². The molecule has 1 fully saturated rings. The van der Waals surface area contributed by atoms with Crippen molar-refractivity contribution in [2.45, 2.75) is 24.2 Å². The number of sulfonamides is 1. The Bertz CT molecular complexity index is 1020. The minimum absolute atomic E-state index is 0.0268. The Balaban J connectivity index is 1.22. The lowest BCUT2D eigenvalue weighted by Gasteiger charge is -2.30. The molecule has 1 saturated heterocycles. The number of rotatable bonds is 8. The van der Waals surface area contributed by atoms with E-state index in [-0.39, 0.29) is 16.7 Å². The molecule has 0 saturated carbocycles. The molecular weight excluding hydrogens is 432 g/mol. The van der Waals surface area contributed by atoms with Gasteiger partial charge in [-0.15, -0.1) is 0 Å². The molecule has 0 aliphatic carbocycles. The largest absolute Gasteiger partial charge is 0.494 e. The number of hydrogen-bond acceptors (Lipinski definition) is 6. The molecule has 8 nitrogen and oxygen atoms in total. The zero-order valence-corrected chi connectivity index (χ0v) is 18.7. The van der Waals surface area contributed by atoms with Gasteiger partial charge in [-0.25, -0.2) is 8.42 Å². The van der Waals surface area contributed by atoms with E-state index in [1.54, 1.807) is 12.1 Å². The quantitative estimate of drug-likeness (QED) is 0.608. The number of piperidine rings is 1. The first-order valence-corrected chi connectivity index (χ1v) is 12.3. The maximum atomic E-state index is 13.0. The van der Waals surface area contributed by atoms with Crippen LogP contribution in [0.2, 0.25) is 0 Å². The number of fused-ring (bicyclic) bond motifs is 1. The second-order valence-electron chi connectivity index (χ2n) is 7.79. The van der Waals surface area contributed by atoms with Crippen molar-refractivity contribution in [2.24, 2.45) is 5.92 Å². The number of ether oxygens (including phenoxy) is 3. The third kappa shape index (κ3) is 5.34. The van der Waals surface area contributed by atoms with Gasteiger partial charge >= 0.3 is 0 Å². The monoisotopic (exact) mass is 460 g/mol. The van der Waals surface area contributed by atoms with E-state index < -0.39 is 10.0 Å². The van der Waals surface area contributed by atoms with E-state index in [4.69, 9.17) is 14.2 Å². The second kappa shape index (κ2) is 10.2. The Morgan fingerprint density at radius 3 is 2.50 bits per heavy atom. The number of hydrogen-bond donors (Lipinski definition) is 1. The van der Waals surface area contributed by atoms with Gasteiger partial charge in [0, 0.05) is 31.6 Å². The average Bonchev–Trinajstić information content (AvgIpc) is 2.84. The normalized spacial score (nSPS) is 17.0. The number of benzene rings is 2. The molecule has 0 spiro atoms. The Kier molecular flexibility index (Phi) is 7.16. The first-order chi connectivity index (χ1) is 15.5. The molecule has 2 aliphatic rings. The van der Waals surface area contributed by atoms with Crippen LogP contribution in [0.5, 0.6) is 17.2 Å². The summed E-state index contributed by atoms with van der Waals surface area (Å²) in [5, 5.41) is 2.94. The smallest absolute Gasteiger partial charge is 0.243 e. The van der Waals surface area contributed by atoms with Crippen molar-refractivity contribution in [1.82, 2.24) is 9.62 Å². The van der Waals surface area contributed by atoms with Crippen molar-refractivity contribution in [3.63, 3.8) is 0 Å². The number of carbonyl (C=O) groups excluding carboxylic acids is 1. The molecule has 0 aromatic heterocycles. The lowest BCUT2D eigenvalue weighted by atomic mass is 9.97. The van der Waals surface area contributed by atoms with Crippen LogP contribution in [0.1, 0.15) is 19.3 Å². The fourth-order valence-electron chi connectivity index (χ4n) is 3.83. The summed E-state index contributed by atoms with van der Waals surface area (Å²) in [5.41, 5.74) is 0. The van der Waals surface area contributed by atoms with Crippen LogP contribution in [-0.4, -0.2) is 58.1 Å². The highest BCUT2D eigenvalue weighted by atomic mass is 32.2. The van der Waals surface area contributed by atoms with E-state index in [2.05, 4.69) is 5.32 Å². The van der Waals surface area contributed by atoms with Gasteiger partial charge in [-0.2, -0.15) is 4.31 Å². The van der Waals surface area contributed by atoms with E-state index >= 15 is 0 Å². The van der Waals surface area contributed by atoms with Crippen molar-refractivity contribution in [1.29, 1.82) is 0 Å². The van der Waals surface area contributed by atoms with E-state index in [9.17, 15) is 13.2 Å². The predicted octanol–water partition coefficient (Wildman–Crippen LogP) is 2.44. The van der Waals surface area contributed by atoms with Gasteiger partial charge in [0.05, 0.1) is 11.5 Å². The fraction of sp³-hybridized carbons (Fsp3) is 0.435. The third-order valence-electron chi connectivity index (χ3n) is 5.61. The van der Waals surface area contributed by atoms with Crippen molar-refractivity contribution >= 4 is 15.9 Å². The van der Waals surface area contributed by atoms with Gasteiger partial charge in [0.1, 0.15) is 19.0 Å². The average molecular weight is 461 g/mol. The number of carbonyl (C=O) groups is 1. The van der Waals surface area contributed by atoms with Crippen LogP contribution in [0.4, 0.5) is 0 Å². The van der Waals surface area contributed by atoms with E-state index in [1.807, 2.05) is 30.3 Å². The zero-order valence-electron chi connectivity index (χ0n) is 17.9. The number of nitrogens with zero attached hydrogens (tertiary/aromatic N) is 1. The molecule has 4 rings (SSSR count). The second-order valence-corrected chi connectivity index (χ2v) is 9.73. The molecule has 2 aromatic rings. The van der Waals surface area contributed by atoms with Gasteiger partial charge in [-0.05, 0) is 43.5 Å². The van der Waals surface area contributed by atoms with E-state index in [0.717, 1.165) is 5.75 Å². The zero-order chi connectivity index (χ0) is 22.4. The third-order valence-corrected chi connectivity index (χ3v) is 7.50. The maximum absolute atomic E-state index is 13.0. The van der Waals surface area contributed by atoms with Crippen LogP contribution in [-0.2, 0) is 14.8 Å². The van der Waals surface area contributed by atoms with Gasteiger partial charge in [0.15, 0.2) is 11.5 Å². The van der Waals surface area contributed by atoms with E-state index in [1.165, 1.54) is 10.4 Å². The molecule has 172 valence electrons. The maximum Gasteiger partial charge on any atom is 0.243 e. The highest BCUT2D eigenvalue weighted by molar-refractivity contribution is 7.89. The van der Waals surface area contributed by atoms with Gasteiger partial charge < -0.3 is 19.5 Å². The fourth-order valence-corrected chi connectivity index (χ4v) is 5.31. The summed E-state index contributed by atoms with van der Waals surface area (Å²) in [6, 6.07) is 14.2. The number of para-hydroxylation sites is 1. The van der Waals surface area contributed by atoms with Gasteiger partial charge in [-0.3, -0.25) is 4.79 Å². The lowest BCUT2D eigenvalue weighted by Crippen LogP contribution is -2.43. The van der Waals surface area contributed by atoms with Crippen LogP contribution >= 0.6 is 0 Å². The van der Waals surface area contributed by atoms with Crippen molar-refractivity contribution in [2.75, 3.05) is 39.5 Å². The standard InChI is InChI=1S/C23H28N2O6S/c26-23(24-11-4-14-29-19-5-2-1-3-6-19)18-9-12-25(13-10-18)32(27,28)20-7-8-21-22(17-20)31-16-15-30-21/h1-3,5-8,17-18H,4,9-16H2,(H,24,26). The molecule has 2 aromatic carbocycles. The Morgan fingerprint density at radius 1 is 1.03 bits per heavy atom. The molecule has 0 bridgehead atoms. The highest BCUT2D eigenvalue weighted by Gasteiger charge is 2.32. The summed E-state index contributed by atoms with van der Waals surface area (Å²) >= 11 is 0. The molecule has 1 N–H and O–H groups in total. The Labute approximate surface area is 188 Å². The summed E-state index contributed by atoms with van der Waals surface area (Å²) in [6.45, 7) is 2.53. The van der Waals surface area contributed by atoms with Gasteiger partial charge in [0.2, 0.25) is 15.9 Å². The minimum Gasteiger partial charge on any atom is -0.494 e. The van der Waals surface area contributed by atoms with Crippen molar-refractivity contribution < 1.29 is 27.4 Å². The summed E-state index contributed by atoms with van der Waals surface area (Å²) in [4.78, 5) is 12.7. The molecule has 0 unspecified atom stereocenters. The van der Waals surface area contributed by atoms with Crippen LogP contribution < -0.4 is 19.5 Å². The summed E-state index contributed by atoms with van der Waals surface area (Å²) in [7, 11) is -3.65. The molecule has 9 heteroatoms. The van der Waals surface area contributed by atoms with E-state index in [0.29, 0.717) is 70.2 Å². The Hall–Kier alpha value is -2.78. The number of amides is 1. The van der Waals surface area contributed by atoms with Crippen LogP contribution in [0.15, 0.2) is 53.4 Å². The molecule has 1 amide bonds. The van der Waals surface area contributed by atoms with Crippen molar-refractivity contribution in [3.05, 3.63) is 48.5 Å². The van der Waals surface area contributed by atoms with Crippen LogP contribution in [0, 0.1) is 5.92 Å². The molecule has 2 heterocycles. The van der Waals surface area contributed by atoms with Gasteiger partial charge in [0.25, 0.3) is 0 Å². The summed E-state index contributed by atoms with van der Waals surface area (Å²) in [6.07, 6.45) is 1.70. The first-order valence-electron chi connectivity index (χ1n) is 10.9. The summed E-state index contributed by atoms with van der Waals surface area (Å²) in [5.74, 6) is 1.60. The lowest BCUT2D eigenvalue weighted by molar-refractivity contribution is -0.126. The van der Waals surface area contributed by atoms with Crippen LogP contribution in [0.3, 0.4) is 0 Å². The summed E-state index contributed by atoms with van der Waals surface area (Å²) < 4.78 is 44.1. The Morgan fingerprint density at radius 2 is 1.75 bits per heavy atom. The van der Waals surface area contributed by atoms with Crippen LogP contribution in [0.25, 0.3) is 0 Å². The molecule has 32 heavy (non-hydrogen) atoms. The predicted molar refractivity (Wildman–Crippen MR) is 118 cm³/mol. The topological polar surface area (TPSA) is 94.2 Å². The molecule has 0 radical (unpaired) electrons. The first kappa shape index (κ1) is 22.4. The SMILES string of the molecule is O=C(NCCCOc1ccccc1)C1CCN(S(=O)(=O)c2ccc3c(c2)OCCO3)CC1. The van der Waals surface area contributed by atoms with Gasteiger partial charge in [-0.1, -0.05) is 18.2 Å².